The van der Waals surface area contributed by atoms with Crippen molar-refractivity contribution >= 4 is 40.6 Å². The van der Waals surface area contributed by atoms with Crippen LogP contribution in [0.3, 0.4) is 0 Å². The van der Waals surface area contributed by atoms with Crippen LogP contribution in [-0.2, 0) is 17.3 Å². The number of benzene rings is 1. The van der Waals surface area contributed by atoms with Crippen LogP contribution >= 0.6 is 22.9 Å². The number of aliphatic hydroxyl groups excluding tert-OH is 1. The van der Waals surface area contributed by atoms with Gasteiger partial charge >= 0.3 is 0 Å². The van der Waals surface area contributed by atoms with Crippen molar-refractivity contribution in [2.45, 2.75) is 11.6 Å². The van der Waals surface area contributed by atoms with E-state index in [1.54, 1.807) is 53.2 Å². The maximum absolute atomic E-state index is 14.9. The zero-order valence-electron chi connectivity index (χ0n) is 19.0. The van der Waals surface area contributed by atoms with Crippen LogP contribution in [0, 0.1) is 5.82 Å². The van der Waals surface area contributed by atoms with Gasteiger partial charge in [-0.3, -0.25) is 9.48 Å². The zero-order chi connectivity index (χ0) is 25.0. The van der Waals surface area contributed by atoms with E-state index >= 15 is 0 Å². The number of nitrogens with one attached hydrogen (secondary N) is 1. The van der Waals surface area contributed by atoms with Gasteiger partial charge in [-0.05, 0) is 23.8 Å². The Bertz CT molecular complexity index is 1490. The van der Waals surface area contributed by atoms with Gasteiger partial charge in [0.25, 0.3) is 5.91 Å². The number of halogens is 2. The Balaban J connectivity index is 1.38. The van der Waals surface area contributed by atoms with Crippen molar-refractivity contribution in [1.82, 2.24) is 24.6 Å². The number of hydrogen-bond donors (Lipinski definition) is 2. The molecule has 1 amide bonds. The van der Waals surface area contributed by atoms with Crippen molar-refractivity contribution in [3.8, 4) is 10.6 Å². The summed E-state index contributed by atoms with van der Waals surface area (Å²) in [6.45, 7) is 0.282. The van der Waals surface area contributed by atoms with Crippen LogP contribution in [0.25, 0.3) is 10.6 Å². The van der Waals surface area contributed by atoms with Gasteiger partial charge in [0.15, 0.2) is 5.82 Å². The zero-order valence-corrected chi connectivity index (χ0v) is 20.6. The minimum Gasteiger partial charge on any atom is -0.394 e. The second-order valence-electron chi connectivity index (χ2n) is 8.66. The minimum absolute atomic E-state index is 0.0948. The fourth-order valence-electron chi connectivity index (χ4n) is 4.71. The normalized spacial score (nSPS) is 16.8. The average molecular weight is 527 g/mol. The number of aromatic nitrogens is 4. The van der Waals surface area contributed by atoms with Gasteiger partial charge in [0.2, 0.25) is 5.95 Å². The SMILES string of the molecule is Cn1nccc1Nc1ncc(F)c(-c2cc3c(s2)C2(COC2)N([C@H](CO)c2cccc(Cl)c2)C3=O)n1. The van der Waals surface area contributed by atoms with Gasteiger partial charge in [-0.25, -0.2) is 14.4 Å². The average Bonchev–Trinajstić information content (AvgIpc) is 3.51. The first kappa shape index (κ1) is 23.0. The third-order valence-corrected chi connectivity index (χ3v) is 8.07. The number of rotatable bonds is 6. The molecule has 0 aliphatic carbocycles. The van der Waals surface area contributed by atoms with Gasteiger partial charge in [0.1, 0.15) is 17.1 Å². The summed E-state index contributed by atoms with van der Waals surface area (Å²) in [6, 6.07) is 9.91. The Morgan fingerprint density at radius 2 is 2.17 bits per heavy atom. The molecule has 9 nitrogen and oxygen atoms in total. The lowest BCUT2D eigenvalue weighted by Gasteiger charge is -2.48. The molecule has 12 heteroatoms. The number of aryl methyl sites for hydroxylation is 1. The highest BCUT2D eigenvalue weighted by atomic mass is 35.5. The van der Waals surface area contributed by atoms with Crippen LogP contribution in [0.5, 0.6) is 0 Å². The quantitative estimate of drug-likeness (QED) is 0.392. The molecule has 36 heavy (non-hydrogen) atoms. The number of fused-ring (bicyclic) bond motifs is 2. The van der Waals surface area contributed by atoms with Crippen molar-refractivity contribution in [3.63, 3.8) is 0 Å². The Labute approximate surface area is 214 Å². The first-order valence-corrected chi connectivity index (χ1v) is 12.3. The molecule has 4 aromatic rings. The van der Waals surface area contributed by atoms with Crippen molar-refractivity contribution in [1.29, 1.82) is 0 Å². The van der Waals surface area contributed by atoms with E-state index in [2.05, 4.69) is 20.4 Å². The molecule has 0 radical (unpaired) electrons. The number of aliphatic hydroxyl groups is 1. The Kier molecular flexibility index (Phi) is 5.52. The van der Waals surface area contributed by atoms with Gasteiger partial charge in [0.05, 0.1) is 48.7 Å². The number of anilines is 2. The summed E-state index contributed by atoms with van der Waals surface area (Å²) < 4.78 is 22.0. The molecule has 1 atom stereocenters. The summed E-state index contributed by atoms with van der Waals surface area (Å²) in [6.07, 6.45) is 2.72. The van der Waals surface area contributed by atoms with Gasteiger partial charge in [-0.2, -0.15) is 5.10 Å². The van der Waals surface area contributed by atoms with Crippen molar-refractivity contribution in [3.05, 3.63) is 75.6 Å². The number of nitrogens with zero attached hydrogens (tertiary/aromatic N) is 5. The molecule has 2 aliphatic heterocycles. The molecule has 1 saturated heterocycles. The van der Waals surface area contributed by atoms with E-state index in [0.29, 0.717) is 21.3 Å². The number of carbonyl (C=O) groups excluding carboxylic acids is 1. The summed E-state index contributed by atoms with van der Waals surface area (Å²) in [4.78, 5) is 25.1. The number of amides is 1. The molecule has 1 aromatic carbocycles. The van der Waals surface area contributed by atoms with Gasteiger partial charge in [0, 0.05) is 23.0 Å². The topological polar surface area (TPSA) is 105 Å². The van der Waals surface area contributed by atoms with Crippen molar-refractivity contribution < 1.29 is 19.0 Å². The number of hydrogen-bond acceptors (Lipinski definition) is 8. The van der Waals surface area contributed by atoms with E-state index in [4.69, 9.17) is 16.3 Å². The summed E-state index contributed by atoms with van der Waals surface area (Å²) >= 11 is 7.48. The molecule has 0 saturated carbocycles. The molecule has 2 N–H and O–H groups in total. The van der Waals surface area contributed by atoms with Crippen LogP contribution < -0.4 is 5.32 Å². The van der Waals surface area contributed by atoms with E-state index in [9.17, 15) is 14.3 Å². The Morgan fingerprint density at radius 3 is 2.83 bits per heavy atom. The molecule has 1 spiro atoms. The molecule has 0 bridgehead atoms. The van der Waals surface area contributed by atoms with Crippen LogP contribution in [0.4, 0.5) is 16.2 Å². The van der Waals surface area contributed by atoms with Crippen LogP contribution in [0.2, 0.25) is 5.02 Å². The lowest BCUT2D eigenvalue weighted by molar-refractivity contribution is -0.139. The predicted molar refractivity (Wildman–Crippen MR) is 132 cm³/mol. The highest BCUT2D eigenvalue weighted by Crippen LogP contribution is 2.53. The van der Waals surface area contributed by atoms with Gasteiger partial charge in [-0.15, -0.1) is 11.3 Å². The van der Waals surface area contributed by atoms with Crippen LogP contribution in [0.1, 0.15) is 26.8 Å². The number of carbonyl (C=O) groups is 1. The maximum Gasteiger partial charge on any atom is 0.256 e. The molecule has 6 rings (SSSR count). The first-order chi connectivity index (χ1) is 17.4. The standard InChI is InChI=1S/C24H20ClFN6O3S/c1-31-19(5-6-28-31)29-23-27-9-16(26)20(30-23)18-8-15-21(36-18)24(11-35-12-24)32(22(15)34)17(10-33)13-3-2-4-14(25)7-13/h2-9,17,33H,10-12H2,1H3,(H,27,29,30)/t17-/m1/s1. The fourth-order valence-corrected chi connectivity index (χ4v) is 6.21. The summed E-state index contributed by atoms with van der Waals surface area (Å²) in [5.74, 6) is 0.00608. The fraction of sp³-hybridized carbons (Fsp3) is 0.250. The number of thiophene rings is 1. The molecule has 2 aliphatic rings. The van der Waals surface area contributed by atoms with E-state index in [-0.39, 0.29) is 37.4 Å². The minimum atomic E-state index is -0.746. The monoisotopic (exact) mass is 526 g/mol. The van der Waals surface area contributed by atoms with E-state index in [0.717, 1.165) is 16.6 Å². The predicted octanol–water partition coefficient (Wildman–Crippen LogP) is 3.89. The Hall–Kier alpha value is -3.38. The lowest BCUT2D eigenvalue weighted by Crippen LogP contribution is -2.58. The molecule has 5 heterocycles. The van der Waals surface area contributed by atoms with Gasteiger partial charge in [-0.1, -0.05) is 23.7 Å². The number of ether oxygens (including phenoxy) is 1. The summed E-state index contributed by atoms with van der Waals surface area (Å²) in [5.41, 5.74) is 0.535. The summed E-state index contributed by atoms with van der Waals surface area (Å²) in [7, 11) is 1.76. The molecular formula is C24H20ClFN6O3S. The van der Waals surface area contributed by atoms with E-state index in [1.807, 2.05) is 6.07 Å². The molecule has 184 valence electrons. The van der Waals surface area contributed by atoms with E-state index in [1.165, 1.54) is 11.3 Å². The molecule has 3 aromatic heterocycles. The molecule has 1 fully saturated rings. The third kappa shape index (κ3) is 3.50. The van der Waals surface area contributed by atoms with Crippen LogP contribution in [0.15, 0.2) is 48.8 Å². The largest absolute Gasteiger partial charge is 0.394 e. The second-order valence-corrected chi connectivity index (χ2v) is 10.2. The smallest absolute Gasteiger partial charge is 0.256 e. The summed E-state index contributed by atoms with van der Waals surface area (Å²) in [5, 5.41) is 17.9. The van der Waals surface area contributed by atoms with Crippen molar-refractivity contribution in [2.24, 2.45) is 7.05 Å². The molecular weight excluding hydrogens is 507 g/mol. The molecule has 0 unspecified atom stereocenters. The lowest BCUT2D eigenvalue weighted by atomic mass is 9.92. The van der Waals surface area contributed by atoms with E-state index < -0.39 is 17.4 Å². The Morgan fingerprint density at radius 1 is 1.33 bits per heavy atom. The second kappa shape index (κ2) is 8.63. The first-order valence-electron chi connectivity index (χ1n) is 11.1. The highest BCUT2D eigenvalue weighted by molar-refractivity contribution is 7.16. The van der Waals surface area contributed by atoms with Gasteiger partial charge < -0.3 is 20.1 Å². The maximum atomic E-state index is 14.9. The van der Waals surface area contributed by atoms with Crippen molar-refractivity contribution in [2.75, 3.05) is 25.1 Å². The highest BCUT2D eigenvalue weighted by Gasteiger charge is 2.58. The van der Waals surface area contributed by atoms with Crippen LogP contribution in [-0.4, -0.2) is 55.5 Å². The third-order valence-electron chi connectivity index (χ3n) is 6.50.